The highest BCUT2D eigenvalue weighted by Gasteiger charge is 2.04. The number of halogens is 1. The molecule has 0 aliphatic rings. The maximum absolute atomic E-state index is 5.81. The lowest BCUT2D eigenvalue weighted by Gasteiger charge is -2.06. The number of nitrogens with zero attached hydrogens (tertiary/aromatic N) is 1. The normalized spacial score (nSPS) is 10.1. The van der Waals surface area contributed by atoms with Crippen molar-refractivity contribution in [2.45, 2.75) is 0 Å². The number of rotatable bonds is 2. The topological polar surface area (TPSA) is 48.1 Å². The Bertz CT molecular complexity index is 497. The van der Waals surface area contributed by atoms with Crippen LogP contribution in [0.4, 0.5) is 5.82 Å². The van der Waals surface area contributed by atoms with Crippen LogP contribution < -0.4 is 10.5 Å². The lowest BCUT2D eigenvalue weighted by molar-refractivity contribution is 0.415. The predicted octanol–water partition coefficient (Wildman–Crippen LogP) is 2.99. The van der Waals surface area contributed by atoms with Crippen molar-refractivity contribution in [2.75, 3.05) is 12.8 Å². The second-order valence-corrected chi connectivity index (χ2v) is 3.73. The third kappa shape index (κ3) is 2.09. The number of nitrogen functional groups attached to an aromatic ring is 1. The number of anilines is 1. The van der Waals surface area contributed by atoms with E-state index in [1.54, 1.807) is 13.2 Å². The number of hydrogen-bond acceptors (Lipinski definition) is 3. The van der Waals surface area contributed by atoms with E-state index < -0.39 is 0 Å². The van der Waals surface area contributed by atoms with Crippen LogP contribution in [0.1, 0.15) is 0 Å². The molecule has 1 heterocycles. The van der Waals surface area contributed by atoms with Gasteiger partial charge in [0.25, 0.3) is 0 Å². The van der Waals surface area contributed by atoms with E-state index >= 15 is 0 Å². The fourth-order valence-corrected chi connectivity index (χ4v) is 1.54. The lowest BCUT2D eigenvalue weighted by atomic mass is 10.1. The Morgan fingerprint density at radius 1 is 1.12 bits per heavy atom. The Kier molecular flexibility index (Phi) is 2.97. The molecule has 0 atom stereocenters. The number of hydrogen-bond donors (Lipinski definition) is 1. The maximum atomic E-state index is 5.81. The van der Waals surface area contributed by atoms with E-state index in [0.717, 1.165) is 11.3 Å². The van der Waals surface area contributed by atoms with E-state index in [4.69, 9.17) is 22.1 Å². The van der Waals surface area contributed by atoms with Gasteiger partial charge in [0, 0.05) is 10.6 Å². The summed E-state index contributed by atoms with van der Waals surface area (Å²) in [6.07, 6.45) is 0. The van der Waals surface area contributed by atoms with Crippen LogP contribution in [0.15, 0.2) is 36.4 Å². The van der Waals surface area contributed by atoms with Crippen LogP contribution in [-0.4, -0.2) is 12.1 Å². The third-order valence-corrected chi connectivity index (χ3v) is 2.50. The van der Waals surface area contributed by atoms with Crippen LogP contribution in [0.2, 0.25) is 5.02 Å². The van der Waals surface area contributed by atoms with Gasteiger partial charge in [-0.2, -0.15) is 0 Å². The first-order valence-corrected chi connectivity index (χ1v) is 5.15. The van der Waals surface area contributed by atoms with Gasteiger partial charge in [-0.15, -0.1) is 0 Å². The maximum Gasteiger partial charge on any atom is 0.166 e. The van der Waals surface area contributed by atoms with Crippen molar-refractivity contribution >= 4 is 17.4 Å². The zero-order valence-electron chi connectivity index (χ0n) is 8.77. The van der Waals surface area contributed by atoms with Crippen molar-refractivity contribution in [1.82, 2.24) is 4.98 Å². The second-order valence-electron chi connectivity index (χ2n) is 3.29. The van der Waals surface area contributed by atoms with Gasteiger partial charge in [0.2, 0.25) is 0 Å². The lowest BCUT2D eigenvalue weighted by Crippen LogP contribution is -1.96. The molecule has 0 amide bonds. The average molecular weight is 235 g/mol. The Labute approximate surface area is 98.8 Å². The molecule has 1 aromatic carbocycles. The third-order valence-electron chi connectivity index (χ3n) is 2.25. The van der Waals surface area contributed by atoms with Gasteiger partial charge in [-0.1, -0.05) is 23.7 Å². The molecule has 16 heavy (non-hydrogen) atoms. The first-order chi connectivity index (χ1) is 7.70. The molecule has 0 aliphatic carbocycles. The van der Waals surface area contributed by atoms with E-state index in [-0.39, 0.29) is 0 Å². The van der Waals surface area contributed by atoms with Crippen LogP contribution in [0, 0.1) is 0 Å². The molecule has 1 aromatic heterocycles. The molecule has 2 aromatic rings. The summed E-state index contributed by atoms with van der Waals surface area (Å²) < 4.78 is 5.05. The number of nitrogens with two attached hydrogens (primary N) is 1. The van der Waals surface area contributed by atoms with E-state index in [1.807, 2.05) is 30.3 Å². The highest BCUT2D eigenvalue weighted by molar-refractivity contribution is 6.30. The fourth-order valence-electron chi connectivity index (χ4n) is 1.42. The largest absolute Gasteiger partial charge is 0.493 e. The fraction of sp³-hybridized carbons (Fsp3) is 0.0833. The zero-order chi connectivity index (χ0) is 11.5. The monoisotopic (exact) mass is 234 g/mol. The van der Waals surface area contributed by atoms with Gasteiger partial charge >= 0.3 is 0 Å². The summed E-state index contributed by atoms with van der Waals surface area (Å²) in [4.78, 5) is 4.25. The molecule has 0 unspecified atom stereocenters. The molecule has 2 rings (SSSR count). The summed E-state index contributed by atoms with van der Waals surface area (Å²) in [7, 11) is 1.56. The quantitative estimate of drug-likeness (QED) is 0.869. The van der Waals surface area contributed by atoms with E-state index in [2.05, 4.69) is 4.98 Å². The van der Waals surface area contributed by atoms with E-state index in [1.165, 1.54) is 0 Å². The average Bonchev–Trinajstić information content (AvgIpc) is 2.30. The summed E-state index contributed by atoms with van der Waals surface area (Å²) in [5.74, 6) is 0.965. The van der Waals surface area contributed by atoms with Gasteiger partial charge in [0.1, 0.15) is 0 Å². The van der Waals surface area contributed by atoms with Crippen LogP contribution in [0.25, 0.3) is 11.3 Å². The molecule has 3 nitrogen and oxygen atoms in total. The van der Waals surface area contributed by atoms with Crippen molar-refractivity contribution in [3.63, 3.8) is 0 Å². The van der Waals surface area contributed by atoms with Gasteiger partial charge in [-0.3, -0.25) is 0 Å². The molecule has 0 radical (unpaired) electrons. The van der Waals surface area contributed by atoms with Crippen LogP contribution in [0.5, 0.6) is 5.75 Å². The summed E-state index contributed by atoms with van der Waals surface area (Å²) in [6.45, 7) is 0. The predicted molar refractivity (Wildman–Crippen MR) is 65.6 cm³/mol. The SMILES string of the molecule is COc1ccc(-c2ccc(Cl)cc2)nc1N. The Hall–Kier alpha value is -1.74. The highest BCUT2D eigenvalue weighted by Crippen LogP contribution is 2.25. The van der Waals surface area contributed by atoms with Crippen molar-refractivity contribution in [3.05, 3.63) is 41.4 Å². The van der Waals surface area contributed by atoms with Crippen molar-refractivity contribution in [1.29, 1.82) is 0 Å². The summed E-state index contributed by atoms with van der Waals surface area (Å²) in [5, 5.41) is 0.699. The molecule has 82 valence electrons. The Morgan fingerprint density at radius 2 is 1.81 bits per heavy atom. The second kappa shape index (κ2) is 4.41. The van der Waals surface area contributed by atoms with Gasteiger partial charge in [-0.05, 0) is 24.3 Å². The summed E-state index contributed by atoms with van der Waals surface area (Å²) in [5.41, 5.74) is 7.51. The summed E-state index contributed by atoms with van der Waals surface area (Å²) >= 11 is 5.81. The van der Waals surface area contributed by atoms with Gasteiger partial charge in [0.05, 0.1) is 12.8 Å². The molecular weight excluding hydrogens is 224 g/mol. The molecule has 0 fully saturated rings. The molecule has 0 aliphatic heterocycles. The van der Waals surface area contributed by atoms with Crippen molar-refractivity contribution in [2.24, 2.45) is 0 Å². The number of ether oxygens (including phenoxy) is 1. The highest BCUT2D eigenvalue weighted by atomic mass is 35.5. The van der Waals surface area contributed by atoms with E-state index in [9.17, 15) is 0 Å². The molecule has 0 saturated heterocycles. The summed E-state index contributed by atoms with van der Waals surface area (Å²) in [6, 6.07) is 11.1. The van der Waals surface area contributed by atoms with Crippen molar-refractivity contribution in [3.8, 4) is 17.0 Å². The standard InChI is InChI=1S/C12H11ClN2O/c1-16-11-7-6-10(15-12(11)14)8-2-4-9(13)5-3-8/h2-7H,1H3,(H2,14,15). The van der Waals surface area contributed by atoms with Crippen LogP contribution in [-0.2, 0) is 0 Å². The zero-order valence-corrected chi connectivity index (χ0v) is 9.53. The molecule has 4 heteroatoms. The smallest absolute Gasteiger partial charge is 0.166 e. The first-order valence-electron chi connectivity index (χ1n) is 4.77. The number of pyridine rings is 1. The number of benzene rings is 1. The van der Waals surface area contributed by atoms with Crippen molar-refractivity contribution < 1.29 is 4.74 Å². The Balaban J connectivity index is 2.41. The Morgan fingerprint density at radius 3 is 2.38 bits per heavy atom. The molecule has 0 saturated carbocycles. The molecule has 2 N–H and O–H groups in total. The van der Waals surface area contributed by atoms with Crippen LogP contribution in [0.3, 0.4) is 0 Å². The van der Waals surface area contributed by atoms with Gasteiger partial charge < -0.3 is 10.5 Å². The minimum atomic E-state index is 0.384. The van der Waals surface area contributed by atoms with E-state index in [0.29, 0.717) is 16.6 Å². The first kappa shape index (κ1) is 10.8. The number of methoxy groups -OCH3 is 1. The van der Waals surface area contributed by atoms with Gasteiger partial charge in [-0.25, -0.2) is 4.98 Å². The van der Waals surface area contributed by atoms with Gasteiger partial charge in [0.15, 0.2) is 11.6 Å². The minimum Gasteiger partial charge on any atom is -0.493 e. The minimum absolute atomic E-state index is 0.384. The number of aromatic nitrogens is 1. The van der Waals surface area contributed by atoms with Crippen LogP contribution >= 0.6 is 11.6 Å². The molecular formula is C12H11ClN2O. The molecule has 0 bridgehead atoms. The molecule has 0 spiro atoms.